The van der Waals surface area contributed by atoms with Crippen molar-refractivity contribution < 1.29 is 14.9 Å². The monoisotopic (exact) mass is 252 g/mol. The summed E-state index contributed by atoms with van der Waals surface area (Å²) in [6.07, 6.45) is 10.1. The van der Waals surface area contributed by atoms with E-state index < -0.39 is 6.10 Å². The van der Waals surface area contributed by atoms with Crippen molar-refractivity contribution in [3.05, 3.63) is 11.6 Å². The van der Waals surface area contributed by atoms with Gasteiger partial charge in [0.2, 0.25) is 0 Å². The highest BCUT2D eigenvalue weighted by Gasteiger charge is 2.38. The van der Waals surface area contributed by atoms with Crippen LogP contribution in [0.2, 0.25) is 0 Å². The largest absolute Gasteiger partial charge is 0.394 e. The molecule has 0 radical (unpaired) electrons. The highest BCUT2D eigenvalue weighted by molar-refractivity contribution is 5.16. The Labute approximate surface area is 109 Å². The highest BCUT2D eigenvalue weighted by atomic mass is 16.5. The van der Waals surface area contributed by atoms with Gasteiger partial charge in [-0.25, -0.2) is 0 Å². The zero-order chi connectivity index (χ0) is 12.5. The molecule has 1 aliphatic heterocycles. The summed E-state index contributed by atoms with van der Waals surface area (Å²) < 4.78 is 5.77. The summed E-state index contributed by atoms with van der Waals surface area (Å²) in [5, 5.41) is 18.9. The van der Waals surface area contributed by atoms with Crippen LogP contribution in [-0.2, 0) is 4.74 Å². The molecule has 2 aliphatic carbocycles. The van der Waals surface area contributed by atoms with E-state index in [1.54, 1.807) is 0 Å². The summed E-state index contributed by atoms with van der Waals surface area (Å²) in [6, 6.07) is 0. The maximum Gasteiger partial charge on any atom is 0.107 e. The molecule has 0 amide bonds. The molecule has 0 bridgehead atoms. The molecule has 0 spiro atoms. The van der Waals surface area contributed by atoms with E-state index >= 15 is 0 Å². The summed E-state index contributed by atoms with van der Waals surface area (Å²) in [7, 11) is 0. The zero-order valence-corrected chi connectivity index (χ0v) is 10.9. The lowest BCUT2D eigenvalue weighted by Crippen LogP contribution is -2.27. The molecular weight excluding hydrogens is 228 g/mol. The van der Waals surface area contributed by atoms with Crippen LogP contribution >= 0.6 is 0 Å². The molecule has 2 fully saturated rings. The second-order valence-corrected chi connectivity index (χ2v) is 6.17. The van der Waals surface area contributed by atoms with E-state index in [2.05, 4.69) is 6.08 Å². The van der Waals surface area contributed by atoms with Gasteiger partial charge in [0, 0.05) is 6.42 Å². The Balaban J connectivity index is 1.65. The predicted octanol–water partition coefficient (Wildman–Crippen LogP) is 2.02. The van der Waals surface area contributed by atoms with E-state index in [9.17, 15) is 5.11 Å². The Kier molecular flexibility index (Phi) is 3.73. The van der Waals surface area contributed by atoms with Crippen molar-refractivity contribution in [3.63, 3.8) is 0 Å². The van der Waals surface area contributed by atoms with Crippen LogP contribution in [0.4, 0.5) is 0 Å². The predicted molar refractivity (Wildman–Crippen MR) is 69.1 cm³/mol. The van der Waals surface area contributed by atoms with E-state index in [0.29, 0.717) is 6.42 Å². The quantitative estimate of drug-likeness (QED) is 0.739. The number of hydrogen-bond donors (Lipinski definition) is 2. The van der Waals surface area contributed by atoms with Crippen LogP contribution in [0.5, 0.6) is 0 Å². The van der Waals surface area contributed by atoms with Crippen molar-refractivity contribution in [2.75, 3.05) is 6.61 Å². The first kappa shape index (κ1) is 12.6. The fraction of sp³-hybridized carbons (Fsp3) is 0.867. The second-order valence-electron chi connectivity index (χ2n) is 6.17. The first-order valence-electron chi connectivity index (χ1n) is 7.41. The maximum absolute atomic E-state index is 9.81. The lowest BCUT2D eigenvalue weighted by atomic mass is 9.70. The van der Waals surface area contributed by atoms with Gasteiger partial charge in [-0.1, -0.05) is 18.9 Å². The van der Waals surface area contributed by atoms with Gasteiger partial charge in [0.05, 0.1) is 18.8 Å². The van der Waals surface area contributed by atoms with Crippen LogP contribution in [-0.4, -0.2) is 35.1 Å². The third-order valence-electron chi connectivity index (χ3n) is 5.06. The molecule has 5 atom stereocenters. The molecule has 102 valence electrons. The third-order valence-corrected chi connectivity index (χ3v) is 5.06. The average molecular weight is 252 g/mol. The first-order chi connectivity index (χ1) is 8.78. The van der Waals surface area contributed by atoms with Gasteiger partial charge in [0.25, 0.3) is 0 Å². The zero-order valence-electron chi connectivity index (χ0n) is 10.9. The summed E-state index contributed by atoms with van der Waals surface area (Å²) >= 11 is 0. The number of hydrogen-bond acceptors (Lipinski definition) is 3. The first-order valence-corrected chi connectivity index (χ1v) is 7.41. The minimum absolute atomic E-state index is 0.0556. The molecule has 0 aromatic heterocycles. The van der Waals surface area contributed by atoms with Crippen molar-refractivity contribution in [3.8, 4) is 0 Å². The van der Waals surface area contributed by atoms with Gasteiger partial charge >= 0.3 is 0 Å². The van der Waals surface area contributed by atoms with Gasteiger partial charge in [0.1, 0.15) is 6.10 Å². The van der Waals surface area contributed by atoms with Gasteiger partial charge < -0.3 is 14.9 Å². The number of aliphatic hydroxyl groups excluding tert-OH is 2. The smallest absolute Gasteiger partial charge is 0.107 e. The molecule has 3 nitrogen and oxygen atoms in total. The van der Waals surface area contributed by atoms with Crippen molar-refractivity contribution in [2.45, 2.75) is 63.3 Å². The molecule has 3 aliphatic rings. The minimum atomic E-state index is -0.495. The number of fused-ring (bicyclic) bond motifs is 1. The van der Waals surface area contributed by atoms with E-state index in [1.807, 2.05) is 0 Å². The molecule has 1 saturated carbocycles. The van der Waals surface area contributed by atoms with Crippen LogP contribution in [0.15, 0.2) is 11.6 Å². The van der Waals surface area contributed by atoms with E-state index in [1.165, 1.54) is 37.7 Å². The molecule has 1 heterocycles. The Bertz CT molecular complexity index is 326. The van der Waals surface area contributed by atoms with Crippen LogP contribution in [0.1, 0.15) is 44.9 Å². The summed E-state index contributed by atoms with van der Waals surface area (Å²) in [5.74, 6) is 1.73. The molecule has 1 saturated heterocycles. The number of aliphatic hydroxyl groups is 2. The molecule has 3 unspecified atom stereocenters. The maximum atomic E-state index is 9.81. The summed E-state index contributed by atoms with van der Waals surface area (Å²) in [4.78, 5) is 0. The molecule has 0 aromatic rings. The van der Waals surface area contributed by atoms with E-state index in [0.717, 1.165) is 18.3 Å². The fourth-order valence-electron chi connectivity index (χ4n) is 3.95. The third kappa shape index (κ3) is 2.36. The minimum Gasteiger partial charge on any atom is -0.394 e. The molecule has 3 heteroatoms. The lowest BCUT2D eigenvalue weighted by Gasteiger charge is -2.36. The SMILES string of the molecule is OC[C@H]1OC(C2=CCC3CCCCC3C2)C[C@@H]1O. The lowest BCUT2D eigenvalue weighted by molar-refractivity contribution is -0.0151. The second kappa shape index (κ2) is 5.32. The van der Waals surface area contributed by atoms with Gasteiger partial charge in [-0.2, -0.15) is 0 Å². The van der Waals surface area contributed by atoms with Crippen molar-refractivity contribution in [1.29, 1.82) is 0 Å². The Hall–Kier alpha value is -0.380. The molecule has 2 N–H and O–H groups in total. The van der Waals surface area contributed by atoms with Crippen LogP contribution in [0, 0.1) is 11.8 Å². The van der Waals surface area contributed by atoms with Crippen molar-refractivity contribution >= 4 is 0 Å². The molecule has 18 heavy (non-hydrogen) atoms. The molecule has 3 rings (SSSR count). The Morgan fingerprint density at radius 3 is 2.72 bits per heavy atom. The Morgan fingerprint density at radius 1 is 1.22 bits per heavy atom. The highest BCUT2D eigenvalue weighted by Crippen LogP contribution is 2.42. The molecular formula is C15H24O3. The number of rotatable bonds is 2. The summed E-state index contributed by atoms with van der Waals surface area (Å²) in [6.45, 7) is -0.0724. The van der Waals surface area contributed by atoms with Gasteiger partial charge in [-0.15, -0.1) is 0 Å². The van der Waals surface area contributed by atoms with E-state index in [4.69, 9.17) is 9.84 Å². The van der Waals surface area contributed by atoms with E-state index in [-0.39, 0.29) is 18.8 Å². The topological polar surface area (TPSA) is 49.7 Å². The van der Waals surface area contributed by atoms with Gasteiger partial charge in [-0.3, -0.25) is 0 Å². The van der Waals surface area contributed by atoms with Gasteiger partial charge in [-0.05, 0) is 43.1 Å². The fourth-order valence-corrected chi connectivity index (χ4v) is 3.95. The number of ether oxygens (including phenoxy) is 1. The standard InChI is InChI=1S/C15H24O3/c16-9-15-13(17)8-14(18-15)12-6-5-10-3-1-2-4-11(10)7-12/h6,10-11,13-17H,1-5,7-9H2/t10?,11?,13-,14?,15+/m0/s1. The van der Waals surface area contributed by atoms with Crippen molar-refractivity contribution in [2.24, 2.45) is 11.8 Å². The summed E-state index contributed by atoms with van der Waals surface area (Å²) in [5.41, 5.74) is 1.38. The van der Waals surface area contributed by atoms with Crippen LogP contribution in [0.3, 0.4) is 0 Å². The van der Waals surface area contributed by atoms with Gasteiger partial charge in [0.15, 0.2) is 0 Å². The van der Waals surface area contributed by atoms with Crippen molar-refractivity contribution in [1.82, 2.24) is 0 Å². The van der Waals surface area contributed by atoms with Crippen LogP contribution in [0.25, 0.3) is 0 Å². The normalized spacial score (nSPS) is 44.6. The molecule has 0 aromatic carbocycles. The number of allylic oxidation sites excluding steroid dienone is 1. The van der Waals surface area contributed by atoms with Crippen LogP contribution < -0.4 is 0 Å². The Morgan fingerprint density at radius 2 is 2.00 bits per heavy atom. The average Bonchev–Trinajstić information content (AvgIpc) is 2.79.